The number of amides is 1. The third kappa shape index (κ3) is 5.77. The van der Waals surface area contributed by atoms with Crippen molar-refractivity contribution in [3.8, 4) is 0 Å². The van der Waals surface area contributed by atoms with E-state index in [4.69, 9.17) is 18.0 Å². The van der Waals surface area contributed by atoms with E-state index in [1.807, 2.05) is 25.7 Å². The predicted octanol–water partition coefficient (Wildman–Crippen LogP) is 1.81. The summed E-state index contributed by atoms with van der Waals surface area (Å²) in [5, 5.41) is 2.82. The van der Waals surface area contributed by atoms with Gasteiger partial charge < -0.3 is 11.1 Å². The first kappa shape index (κ1) is 17.5. The molecule has 1 aromatic carbocycles. The molecule has 21 heavy (non-hydrogen) atoms. The van der Waals surface area contributed by atoms with Gasteiger partial charge in [0.1, 0.15) is 10.8 Å². The summed E-state index contributed by atoms with van der Waals surface area (Å²) in [6.07, 6.45) is 0. The van der Waals surface area contributed by atoms with E-state index in [0.29, 0.717) is 24.2 Å². The Kier molecular flexibility index (Phi) is 6.71. The molecular formula is C15H22FN3OS. The summed E-state index contributed by atoms with van der Waals surface area (Å²) in [5.41, 5.74) is 6.68. The lowest BCUT2D eigenvalue weighted by molar-refractivity contribution is -0.122. The van der Waals surface area contributed by atoms with Crippen LogP contribution in [0, 0.1) is 5.82 Å². The van der Waals surface area contributed by atoms with Crippen molar-refractivity contribution in [1.82, 2.24) is 10.2 Å². The van der Waals surface area contributed by atoms with E-state index < -0.39 is 0 Å². The fourth-order valence-corrected chi connectivity index (χ4v) is 2.07. The maximum absolute atomic E-state index is 13.9. The van der Waals surface area contributed by atoms with Crippen LogP contribution in [0.5, 0.6) is 0 Å². The van der Waals surface area contributed by atoms with Crippen LogP contribution in [-0.2, 0) is 11.3 Å². The van der Waals surface area contributed by atoms with Gasteiger partial charge in [0.05, 0.1) is 6.54 Å². The number of hydrogen-bond acceptors (Lipinski definition) is 3. The van der Waals surface area contributed by atoms with Crippen molar-refractivity contribution in [2.45, 2.75) is 33.4 Å². The highest BCUT2D eigenvalue weighted by molar-refractivity contribution is 7.80. The van der Waals surface area contributed by atoms with Gasteiger partial charge in [-0.05, 0) is 38.6 Å². The molecule has 0 radical (unpaired) electrons. The van der Waals surface area contributed by atoms with Crippen molar-refractivity contribution in [3.63, 3.8) is 0 Å². The van der Waals surface area contributed by atoms with Gasteiger partial charge in [-0.3, -0.25) is 9.69 Å². The zero-order chi connectivity index (χ0) is 16.0. The molecule has 0 spiro atoms. The van der Waals surface area contributed by atoms with Crippen molar-refractivity contribution < 1.29 is 9.18 Å². The van der Waals surface area contributed by atoms with Crippen LogP contribution in [0.3, 0.4) is 0 Å². The number of likely N-dealkylation sites (N-methyl/N-ethyl adjacent to an activating group) is 1. The molecule has 0 unspecified atom stereocenters. The second-order valence-electron chi connectivity index (χ2n) is 5.20. The normalized spacial score (nSPS) is 11.0. The van der Waals surface area contributed by atoms with Crippen LogP contribution >= 0.6 is 12.2 Å². The minimum Gasteiger partial charge on any atom is -0.389 e. The number of nitrogens with one attached hydrogen (secondary N) is 1. The molecule has 116 valence electrons. The highest BCUT2D eigenvalue weighted by Crippen LogP contribution is 2.13. The number of rotatable bonds is 7. The fraction of sp³-hybridized carbons (Fsp3) is 0.467. The molecule has 1 aromatic rings. The largest absolute Gasteiger partial charge is 0.389 e. The lowest BCUT2D eigenvalue weighted by Crippen LogP contribution is -2.39. The van der Waals surface area contributed by atoms with Gasteiger partial charge in [-0.15, -0.1) is 0 Å². The topological polar surface area (TPSA) is 58.4 Å². The molecule has 6 heteroatoms. The highest BCUT2D eigenvalue weighted by Gasteiger charge is 2.13. The zero-order valence-corrected chi connectivity index (χ0v) is 13.5. The summed E-state index contributed by atoms with van der Waals surface area (Å²) < 4.78 is 13.9. The van der Waals surface area contributed by atoms with Gasteiger partial charge in [0, 0.05) is 23.7 Å². The maximum atomic E-state index is 13.9. The Morgan fingerprint density at radius 2 is 2.14 bits per heavy atom. The molecule has 1 amide bonds. The van der Waals surface area contributed by atoms with E-state index in [0.717, 1.165) is 0 Å². The van der Waals surface area contributed by atoms with Crippen molar-refractivity contribution in [1.29, 1.82) is 0 Å². The van der Waals surface area contributed by atoms with Crippen LogP contribution in [0.25, 0.3) is 0 Å². The third-order valence-corrected chi connectivity index (χ3v) is 3.22. The average molecular weight is 311 g/mol. The molecule has 0 aliphatic carbocycles. The Balaban J connectivity index is 2.79. The monoisotopic (exact) mass is 311 g/mol. The number of benzene rings is 1. The summed E-state index contributed by atoms with van der Waals surface area (Å²) in [7, 11) is 0. The Morgan fingerprint density at radius 3 is 2.67 bits per heavy atom. The Morgan fingerprint density at radius 1 is 1.48 bits per heavy atom. The molecule has 0 saturated heterocycles. The SMILES string of the molecule is CCN(CC(=O)NC(C)C)Cc1cc(C(N)=S)ccc1F. The first-order valence-electron chi connectivity index (χ1n) is 6.93. The van der Waals surface area contributed by atoms with Gasteiger partial charge in [-0.1, -0.05) is 19.1 Å². The Labute approximate surface area is 130 Å². The number of hydrogen-bond donors (Lipinski definition) is 2. The summed E-state index contributed by atoms with van der Waals surface area (Å²) in [5.74, 6) is -0.393. The zero-order valence-electron chi connectivity index (χ0n) is 12.6. The minimum atomic E-state index is -0.322. The van der Waals surface area contributed by atoms with E-state index in [2.05, 4.69) is 5.32 Å². The van der Waals surface area contributed by atoms with Gasteiger partial charge in [0.25, 0.3) is 0 Å². The number of nitrogens with zero attached hydrogens (tertiary/aromatic N) is 1. The molecule has 0 fully saturated rings. The molecule has 0 aromatic heterocycles. The van der Waals surface area contributed by atoms with Gasteiger partial charge >= 0.3 is 0 Å². The van der Waals surface area contributed by atoms with Crippen molar-refractivity contribution >= 4 is 23.1 Å². The number of nitrogens with two attached hydrogens (primary N) is 1. The first-order valence-corrected chi connectivity index (χ1v) is 7.34. The van der Waals surface area contributed by atoms with E-state index in [9.17, 15) is 9.18 Å². The summed E-state index contributed by atoms with van der Waals surface area (Å²) in [4.78, 5) is 13.9. The summed E-state index contributed by atoms with van der Waals surface area (Å²) in [6.45, 7) is 6.94. The lowest BCUT2D eigenvalue weighted by Gasteiger charge is -2.21. The molecule has 0 saturated carbocycles. The predicted molar refractivity (Wildman–Crippen MR) is 86.5 cm³/mol. The first-order chi connectivity index (χ1) is 9.83. The van der Waals surface area contributed by atoms with Crippen molar-refractivity contribution in [2.75, 3.05) is 13.1 Å². The standard InChI is InChI=1S/C15H22FN3OS/c1-4-19(9-14(20)18-10(2)3)8-12-7-11(15(17)21)5-6-13(12)16/h5-7,10H,4,8-9H2,1-3H3,(H2,17,21)(H,18,20). The Hall–Kier alpha value is -1.53. The van der Waals surface area contributed by atoms with Crippen molar-refractivity contribution in [2.24, 2.45) is 5.73 Å². The molecular weight excluding hydrogens is 289 g/mol. The van der Waals surface area contributed by atoms with Crippen molar-refractivity contribution in [3.05, 3.63) is 35.1 Å². The summed E-state index contributed by atoms with van der Waals surface area (Å²) in [6, 6.07) is 4.64. The lowest BCUT2D eigenvalue weighted by atomic mass is 10.1. The molecule has 0 aliphatic rings. The quantitative estimate of drug-likeness (QED) is 0.754. The van der Waals surface area contributed by atoms with Gasteiger partial charge in [0.2, 0.25) is 5.91 Å². The molecule has 0 aliphatic heterocycles. The number of halogens is 1. The van der Waals surface area contributed by atoms with Gasteiger partial charge in [-0.2, -0.15) is 0 Å². The van der Waals surface area contributed by atoms with Crippen LogP contribution in [0.15, 0.2) is 18.2 Å². The number of thiocarbonyl (C=S) groups is 1. The average Bonchev–Trinajstić information content (AvgIpc) is 2.38. The highest BCUT2D eigenvalue weighted by atomic mass is 32.1. The Bertz CT molecular complexity index is 520. The van der Waals surface area contributed by atoms with Crippen LogP contribution in [0.2, 0.25) is 0 Å². The maximum Gasteiger partial charge on any atom is 0.234 e. The number of carbonyl (C=O) groups excluding carboxylic acids is 1. The second-order valence-corrected chi connectivity index (χ2v) is 5.64. The van der Waals surface area contributed by atoms with Gasteiger partial charge in [0.15, 0.2) is 0 Å². The smallest absolute Gasteiger partial charge is 0.234 e. The number of carbonyl (C=O) groups is 1. The molecule has 0 heterocycles. The van der Waals surface area contributed by atoms with E-state index in [-0.39, 0.29) is 29.3 Å². The molecule has 0 atom stereocenters. The summed E-state index contributed by atoms with van der Waals surface area (Å²) >= 11 is 4.90. The van der Waals surface area contributed by atoms with Gasteiger partial charge in [-0.25, -0.2) is 4.39 Å². The third-order valence-electron chi connectivity index (χ3n) is 2.99. The van der Waals surface area contributed by atoms with E-state index in [1.165, 1.54) is 6.07 Å². The van der Waals surface area contributed by atoms with E-state index >= 15 is 0 Å². The molecule has 0 bridgehead atoms. The molecule has 4 nitrogen and oxygen atoms in total. The van der Waals surface area contributed by atoms with Crippen LogP contribution in [0.1, 0.15) is 31.9 Å². The minimum absolute atomic E-state index is 0.0715. The van der Waals surface area contributed by atoms with Crippen LogP contribution < -0.4 is 11.1 Å². The second kappa shape index (κ2) is 8.05. The fourth-order valence-electron chi connectivity index (χ4n) is 1.94. The molecule has 3 N–H and O–H groups in total. The van der Waals surface area contributed by atoms with Crippen LogP contribution in [-0.4, -0.2) is 34.9 Å². The molecule has 1 rings (SSSR count). The van der Waals surface area contributed by atoms with Crippen LogP contribution in [0.4, 0.5) is 4.39 Å². The van der Waals surface area contributed by atoms with E-state index in [1.54, 1.807) is 12.1 Å².